The maximum absolute atomic E-state index is 10.7. The van der Waals surface area contributed by atoms with Crippen LogP contribution in [0.2, 0.25) is 0 Å². The molecular weight excluding hydrogens is 217 g/mol. The third-order valence-corrected chi connectivity index (χ3v) is 2.06. The zero-order valence-corrected chi connectivity index (χ0v) is 7.80. The summed E-state index contributed by atoms with van der Waals surface area (Å²) < 4.78 is 10.1. The van der Waals surface area contributed by atoms with Gasteiger partial charge >= 0.3 is 6.03 Å². The van der Waals surface area contributed by atoms with Crippen LogP contribution in [0.25, 0.3) is 0 Å². The summed E-state index contributed by atoms with van der Waals surface area (Å²) in [6.45, 7) is 0. The number of thiazole rings is 1. The van der Waals surface area contributed by atoms with Gasteiger partial charge in [-0.15, -0.1) is 11.3 Å². The van der Waals surface area contributed by atoms with E-state index < -0.39 is 13.8 Å². The smallest absolute Gasteiger partial charge is 0.324 e. The molecule has 0 aliphatic rings. The molecule has 0 fully saturated rings. The number of nitrogens with one attached hydrogen (secondary N) is 2. The van der Waals surface area contributed by atoms with Gasteiger partial charge in [0.1, 0.15) is 0 Å². The zero-order valence-electron chi connectivity index (χ0n) is 6.09. The zero-order chi connectivity index (χ0) is 9.90. The van der Waals surface area contributed by atoms with Crippen molar-refractivity contribution in [3.8, 4) is 0 Å². The van der Waals surface area contributed by atoms with E-state index in [0.29, 0.717) is 0 Å². The van der Waals surface area contributed by atoms with Crippen LogP contribution in [0.1, 0.15) is 0 Å². The third-order valence-electron chi connectivity index (χ3n) is 0.891. The molecule has 0 saturated heterocycles. The highest BCUT2D eigenvalue weighted by Gasteiger charge is 2.03. The standard InChI is InChI=1S/C4H6N3O4PS/c8-3(7-12(9,10)11)6-4-5-1-2-13-4/h1-2H,(H4,5,6,7,8,9,10,11)/p-2. The SMILES string of the molecule is O=C(Nc1nccs1)NP(=O)([O-])[O-]. The molecule has 0 unspecified atom stereocenters. The van der Waals surface area contributed by atoms with Gasteiger partial charge in [-0.25, -0.2) is 9.78 Å². The summed E-state index contributed by atoms with van der Waals surface area (Å²) in [6.07, 6.45) is 1.42. The molecule has 2 amide bonds. The minimum absolute atomic E-state index is 0.214. The summed E-state index contributed by atoms with van der Waals surface area (Å²) in [6, 6.07) is -1.11. The summed E-state index contributed by atoms with van der Waals surface area (Å²) in [5.74, 6) is 0. The first kappa shape index (κ1) is 10.1. The highest BCUT2D eigenvalue weighted by Crippen LogP contribution is 2.16. The largest absolute Gasteiger partial charge is 0.795 e. The monoisotopic (exact) mass is 221 g/mol. The number of anilines is 1. The number of rotatable bonds is 2. The van der Waals surface area contributed by atoms with Gasteiger partial charge in [-0.2, -0.15) is 0 Å². The molecule has 0 aromatic carbocycles. The Hall–Kier alpha value is -0.950. The minimum atomic E-state index is -5.03. The molecule has 2 N–H and O–H groups in total. The molecule has 72 valence electrons. The molecule has 1 aromatic rings. The van der Waals surface area contributed by atoms with Gasteiger partial charge in [0.25, 0.3) is 0 Å². The van der Waals surface area contributed by atoms with Gasteiger partial charge in [0.05, 0.1) is 0 Å². The van der Waals surface area contributed by atoms with Gasteiger partial charge in [-0.3, -0.25) is 5.32 Å². The number of urea groups is 1. The van der Waals surface area contributed by atoms with Crippen LogP contribution in [-0.2, 0) is 4.57 Å². The molecule has 0 radical (unpaired) electrons. The van der Waals surface area contributed by atoms with Crippen molar-refractivity contribution < 1.29 is 19.1 Å². The first-order chi connectivity index (χ1) is 5.97. The Balaban J connectivity index is 2.48. The van der Waals surface area contributed by atoms with Crippen LogP contribution < -0.4 is 20.2 Å². The van der Waals surface area contributed by atoms with Crippen LogP contribution >= 0.6 is 19.1 Å². The fourth-order valence-corrected chi connectivity index (χ4v) is 1.36. The molecule has 1 aromatic heterocycles. The van der Waals surface area contributed by atoms with E-state index in [-0.39, 0.29) is 5.13 Å². The predicted octanol–water partition coefficient (Wildman–Crippen LogP) is -0.907. The van der Waals surface area contributed by atoms with E-state index >= 15 is 0 Å². The number of carbonyl (C=O) groups is 1. The van der Waals surface area contributed by atoms with Crippen LogP contribution in [0.15, 0.2) is 11.6 Å². The Morgan fingerprint density at radius 3 is 2.77 bits per heavy atom. The summed E-state index contributed by atoms with van der Waals surface area (Å²) in [5.41, 5.74) is 0. The van der Waals surface area contributed by atoms with E-state index in [0.717, 1.165) is 11.3 Å². The molecule has 0 atom stereocenters. The molecule has 9 heteroatoms. The van der Waals surface area contributed by atoms with Gasteiger partial charge in [-0.05, 0) is 0 Å². The predicted molar refractivity (Wildman–Crippen MR) is 41.9 cm³/mol. The Bertz CT molecular complexity index is 333. The minimum Gasteiger partial charge on any atom is -0.795 e. The summed E-state index contributed by atoms with van der Waals surface area (Å²) >= 11 is 1.10. The van der Waals surface area contributed by atoms with E-state index in [4.69, 9.17) is 0 Å². The van der Waals surface area contributed by atoms with E-state index in [1.165, 1.54) is 11.3 Å². The highest BCUT2D eigenvalue weighted by molar-refractivity contribution is 7.47. The number of hydrogen-bond acceptors (Lipinski definition) is 6. The van der Waals surface area contributed by atoms with Crippen LogP contribution in [0.3, 0.4) is 0 Å². The third kappa shape index (κ3) is 4.00. The summed E-state index contributed by atoms with van der Waals surface area (Å²) in [5, 5.41) is 5.08. The second-order valence-electron chi connectivity index (χ2n) is 1.90. The molecular formula is C4H4N3O4PS-2. The van der Waals surface area contributed by atoms with Gasteiger partial charge in [0, 0.05) is 19.3 Å². The van der Waals surface area contributed by atoms with Crippen molar-refractivity contribution in [3.63, 3.8) is 0 Å². The first-order valence-electron chi connectivity index (χ1n) is 2.98. The lowest BCUT2D eigenvalue weighted by molar-refractivity contribution is -0.316. The Morgan fingerprint density at radius 2 is 2.31 bits per heavy atom. The summed E-state index contributed by atoms with van der Waals surface area (Å²) in [7, 11) is -5.03. The van der Waals surface area contributed by atoms with E-state index in [1.807, 2.05) is 0 Å². The van der Waals surface area contributed by atoms with Crippen molar-refractivity contribution >= 4 is 30.2 Å². The van der Waals surface area contributed by atoms with Crippen molar-refractivity contribution in [2.45, 2.75) is 0 Å². The molecule has 0 spiro atoms. The second kappa shape index (κ2) is 3.84. The Kier molecular flexibility index (Phi) is 2.99. The highest BCUT2D eigenvalue weighted by atomic mass is 32.1. The van der Waals surface area contributed by atoms with Crippen molar-refractivity contribution in [2.24, 2.45) is 0 Å². The molecule has 0 saturated carbocycles. The number of carbonyl (C=O) groups excluding carboxylic acids is 1. The number of amides is 2. The van der Waals surface area contributed by atoms with Crippen molar-refractivity contribution in [1.29, 1.82) is 0 Å². The maximum atomic E-state index is 10.7. The normalized spacial score (nSPS) is 10.9. The van der Waals surface area contributed by atoms with Crippen molar-refractivity contribution in [3.05, 3.63) is 11.6 Å². The topological polar surface area (TPSA) is 117 Å². The Labute approximate surface area is 77.0 Å². The summed E-state index contributed by atoms with van der Waals surface area (Å²) in [4.78, 5) is 34.4. The first-order valence-corrected chi connectivity index (χ1v) is 5.40. The van der Waals surface area contributed by atoms with Crippen LogP contribution in [0, 0.1) is 0 Å². The number of hydrogen-bond donors (Lipinski definition) is 2. The lowest BCUT2D eigenvalue weighted by Gasteiger charge is -2.29. The molecule has 13 heavy (non-hydrogen) atoms. The van der Waals surface area contributed by atoms with Gasteiger partial charge in [-0.1, -0.05) is 0 Å². The molecule has 1 rings (SSSR count). The molecule has 0 bridgehead atoms. The van der Waals surface area contributed by atoms with Crippen molar-refractivity contribution in [1.82, 2.24) is 10.1 Å². The number of aromatic nitrogens is 1. The van der Waals surface area contributed by atoms with Gasteiger partial charge in [0.2, 0.25) is 0 Å². The molecule has 7 nitrogen and oxygen atoms in total. The average Bonchev–Trinajstić information content (AvgIpc) is 2.34. The lowest BCUT2D eigenvalue weighted by atomic mass is 10.9. The van der Waals surface area contributed by atoms with E-state index in [9.17, 15) is 19.1 Å². The lowest BCUT2D eigenvalue weighted by Crippen LogP contribution is -2.35. The van der Waals surface area contributed by atoms with Crippen molar-refractivity contribution in [2.75, 3.05) is 5.32 Å². The Morgan fingerprint density at radius 1 is 1.62 bits per heavy atom. The fourth-order valence-electron chi connectivity index (χ4n) is 0.535. The molecule has 0 aliphatic carbocycles. The molecule has 0 aliphatic heterocycles. The molecule has 1 heterocycles. The van der Waals surface area contributed by atoms with Gasteiger partial charge in [0.15, 0.2) is 5.13 Å². The van der Waals surface area contributed by atoms with Crippen LogP contribution in [0.4, 0.5) is 9.93 Å². The average molecular weight is 221 g/mol. The van der Waals surface area contributed by atoms with E-state index in [2.05, 4.69) is 10.3 Å². The maximum Gasteiger partial charge on any atom is 0.324 e. The van der Waals surface area contributed by atoms with E-state index in [1.54, 1.807) is 5.38 Å². The van der Waals surface area contributed by atoms with Crippen LogP contribution in [0.5, 0.6) is 0 Å². The fraction of sp³-hybridized carbons (Fsp3) is 0. The van der Waals surface area contributed by atoms with Crippen LogP contribution in [-0.4, -0.2) is 11.0 Å². The quantitative estimate of drug-likeness (QED) is 0.627. The number of nitrogens with zero attached hydrogens (tertiary/aromatic N) is 1. The second-order valence-corrected chi connectivity index (χ2v) is 4.01. The van der Waals surface area contributed by atoms with Gasteiger partial charge < -0.3 is 19.4 Å².